The lowest BCUT2D eigenvalue weighted by Crippen LogP contribution is -2.49. The lowest BCUT2D eigenvalue weighted by atomic mass is 10.0. The number of guanidine groups is 1. The van der Waals surface area contributed by atoms with Crippen LogP contribution >= 0.6 is 0 Å². The predicted molar refractivity (Wildman–Crippen MR) is 96.7 cm³/mol. The van der Waals surface area contributed by atoms with Crippen LogP contribution in [0.15, 0.2) is 23.3 Å². The second kappa shape index (κ2) is 8.87. The molecule has 5 nitrogen and oxygen atoms in total. The Morgan fingerprint density at radius 1 is 1.39 bits per heavy atom. The first kappa shape index (κ1) is 17.7. The molecule has 1 saturated heterocycles. The van der Waals surface area contributed by atoms with Crippen LogP contribution in [-0.2, 0) is 6.54 Å². The lowest BCUT2D eigenvalue weighted by molar-refractivity contribution is 0.167. The smallest absolute Gasteiger partial charge is 0.191 e. The van der Waals surface area contributed by atoms with E-state index in [0.717, 1.165) is 31.3 Å². The summed E-state index contributed by atoms with van der Waals surface area (Å²) in [5.41, 5.74) is 2.23. The Balaban J connectivity index is 1.91. The van der Waals surface area contributed by atoms with E-state index >= 15 is 0 Å². The maximum atomic E-state index is 4.71. The number of nitrogens with one attached hydrogen (secondary N) is 2. The van der Waals surface area contributed by atoms with Gasteiger partial charge >= 0.3 is 0 Å². The van der Waals surface area contributed by atoms with E-state index in [1.54, 1.807) is 0 Å². The molecule has 1 aromatic rings. The topological polar surface area (TPSA) is 52.6 Å². The molecule has 23 heavy (non-hydrogen) atoms. The summed E-state index contributed by atoms with van der Waals surface area (Å²) >= 11 is 0. The van der Waals surface area contributed by atoms with Gasteiger partial charge in [-0.2, -0.15) is 0 Å². The summed E-state index contributed by atoms with van der Waals surface area (Å²) in [6.07, 6.45) is 4.18. The highest BCUT2D eigenvalue weighted by Crippen LogP contribution is 2.13. The maximum Gasteiger partial charge on any atom is 0.191 e. The highest BCUT2D eigenvalue weighted by molar-refractivity contribution is 5.80. The molecule has 0 amide bonds. The van der Waals surface area contributed by atoms with Gasteiger partial charge in [0.25, 0.3) is 0 Å². The van der Waals surface area contributed by atoms with E-state index in [0.29, 0.717) is 18.6 Å². The molecular weight excluding hydrogens is 286 g/mol. The lowest BCUT2D eigenvalue weighted by Gasteiger charge is -2.35. The number of aromatic nitrogens is 1. The number of aliphatic imine (C=N–C) groups is 1. The van der Waals surface area contributed by atoms with Crippen LogP contribution in [0.5, 0.6) is 0 Å². The number of hydrogen-bond donors (Lipinski definition) is 2. The standard InChI is InChI=1S/C18H31N5/c1-5-19-18(21-13-17-15(4)7-6-10-20-17)22-16-8-11-23(12-9-16)14(2)3/h6-7,10,14,16H,5,8-9,11-13H2,1-4H3,(H2,19,21,22). The molecule has 1 aromatic heterocycles. The molecule has 0 aliphatic carbocycles. The summed E-state index contributed by atoms with van der Waals surface area (Å²) in [4.78, 5) is 11.7. The Hall–Kier alpha value is -1.62. The van der Waals surface area contributed by atoms with Crippen LogP contribution in [0.1, 0.15) is 44.9 Å². The molecule has 2 N–H and O–H groups in total. The van der Waals surface area contributed by atoms with Crippen molar-refractivity contribution in [2.24, 2.45) is 4.99 Å². The zero-order valence-corrected chi connectivity index (χ0v) is 15.0. The number of rotatable bonds is 5. The van der Waals surface area contributed by atoms with Crippen molar-refractivity contribution >= 4 is 5.96 Å². The molecule has 0 radical (unpaired) electrons. The van der Waals surface area contributed by atoms with E-state index in [2.05, 4.69) is 54.3 Å². The van der Waals surface area contributed by atoms with Gasteiger partial charge < -0.3 is 15.5 Å². The third-order valence-electron chi connectivity index (χ3n) is 4.45. The van der Waals surface area contributed by atoms with Crippen LogP contribution in [0.25, 0.3) is 0 Å². The minimum atomic E-state index is 0.507. The number of piperidine rings is 1. The van der Waals surface area contributed by atoms with Crippen LogP contribution in [0.3, 0.4) is 0 Å². The number of hydrogen-bond acceptors (Lipinski definition) is 3. The van der Waals surface area contributed by atoms with E-state index in [9.17, 15) is 0 Å². The van der Waals surface area contributed by atoms with Crippen molar-refractivity contribution in [3.8, 4) is 0 Å². The molecule has 0 aromatic carbocycles. The fourth-order valence-electron chi connectivity index (χ4n) is 2.91. The molecule has 1 fully saturated rings. The third kappa shape index (κ3) is 5.50. The molecule has 2 heterocycles. The van der Waals surface area contributed by atoms with Crippen LogP contribution in [-0.4, -0.2) is 47.6 Å². The average molecular weight is 317 g/mol. The maximum absolute atomic E-state index is 4.71. The molecule has 1 aliphatic rings. The minimum absolute atomic E-state index is 0.507. The Labute approximate surface area is 140 Å². The van der Waals surface area contributed by atoms with Crippen molar-refractivity contribution in [3.63, 3.8) is 0 Å². The number of likely N-dealkylation sites (tertiary alicyclic amines) is 1. The predicted octanol–water partition coefficient (Wildman–Crippen LogP) is 2.32. The van der Waals surface area contributed by atoms with Gasteiger partial charge in [0.1, 0.15) is 0 Å². The van der Waals surface area contributed by atoms with Crippen molar-refractivity contribution in [2.45, 2.75) is 59.2 Å². The van der Waals surface area contributed by atoms with Crippen LogP contribution in [0.4, 0.5) is 0 Å². The Bertz CT molecular complexity index is 504. The van der Waals surface area contributed by atoms with Gasteiger partial charge in [0, 0.05) is 37.9 Å². The molecule has 0 unspecified atom stereocenters. The summed E-state index contributed by atoms with van der Waals surface area (Å²) in [5.74, 6) is 0.903. The molecule has 0 atom stereocenters. The number of aryl methyl sites for hydroxylation is 1. The fourth-order valence-corrected chi connectivity index (χ4v) is 2.91. The molecule has 5 heteroatoms. The van der Waals surface area contributed by atoms with Crippen molar-refractivity contribution in [2.75, 3.05) is 19.6 Å². The highest BCUT2D eigenvalue weighted by Gasteiger charge is 2.21. The van der Waals surface area contributed by atoms with E-state index in [-0.39, 0.29) is 0 Å². The number of nitrogens with zero attached hydrogens (tertiary/aromatic N) is 3. The first-order chi connectivity index (χ1) is 11.1. The van der Waals surface area contributed by atoms with E-state index in [1.165, 1.54) is 18.4 Å². The highest BCUT2D eigenvalue weighted by atomic mass is 15.2. The summed E-state index contributed by atoms with van der Waals surface area (Å²) in [6.45, 7) is 12.5. The average Bonchev–Trinajstić information content (AvgIpc) is 2.54. The van der Waals surface area contributed by atoms with Crippen molar-refractivity contribution in [3.05, 3.63) is 29.6 Å². The molecule has 128 valence electrons. The van der Waals surface area contributed by atoms with E-state index in [1.807, 2.05) is 12.3 Å². The van der Waals surface area contributed by atoms with Crippen molar-refractivity contribution < 1.29 is 0 Å². The first-order valence-corrected chi connectivity index (χ1v) is 8.79. The van der Waals surface area contributed by atoms with Crippen molar-refractivity contribution in [1.82, 2.24) is 20.5 Å². The molecule has 2 rings (SSSR count). The van der Waals surface area contributed by atoms with Gasteiger partial charge in [0.05, 0.1) is 12.2 Å². The third-order valence-corrected chi connectivity index (χ3v) is 4.45. The second-order valence-corrected chi connectivity index (χ2v) is 6.51. The number of pyridine rings is 1. The fraction of sp³-hybridized carbons (Fsp3) is 0.667. The molecule has 0 spiro atoms. The van der Waals surface area contributed by atoms with E-state index in [4.69, 9.17) is 4.99 Å². The second-order valence-electron chi connectivity index (χ2n) is 6.51. The summed E-state index contributed by atoms with van der Waals surface area (Å²) < 4.78 is 0. The Morgan fingerprint density at radius 3 is 2.74 bits per heavy atom. The molecule has 1 aliphatic heterocycles. The van der Waals surface area contributed by atoms with Gasteiger partial charge in [-0.3, -0.25) is 4.98 Å². The first-order valence-electron chi connectivity index (χ1n) is 8.79. The van der Waals surface area contributed by atoms with Gasteiger partial charge in [-0.15, -0.1) is 0 Å². The molecule has 0 bridgehead atoms. The van der Waals surface area contributed by atoms with Crippen LogP contribution in [0.2, 0.25) is 0 Å². The largest absolute Gasteiger partial charge is 0.357 e. The summed E-state index contributed by atoms with van der Waals surface area (Å²) in [6, 6.07) is 5.20. The summed E-state index contributed by atoms with van der Waals surface area (Å²) in [5, 5.41) is 6.94. The monoisotopic (exact) mass is 317 g/mol. The van der Waals surface area contributed by atoms with Crippen LogP contribution < -0.4 is 10.6 Å². The van der Waals surface area contributed by atoms with Crippen LogP contribution in [0, 0.1) is 6.92 Å². The molecule has 0 saturated carbocycles. The Morgan fingerprint density at radius 2 is 2.13 bits per heavy atom. The van der Waals surface area contributed by atoms with Gasteiger partial charge in [-0.25, -0.2) is 4.99 Å². The van der Waals surface area contributed by atoms with Gasteiger partial charge in [0.15, 0.2) is 5.96 Å². The van der Waals surface area contributed by atoms with E-state index < -0.39 is 0 Å². The Kier molecular flexibility index (Phi) is 6.84. The van der Waals surface area contributed by atoms with Gasteiger partial charge in [-0.1, -0.05) is 6.07 Å². The zero-order chi connectivity index (χ0) is 16.7. The summed E-state index contributed by atoms with van der Waals surface area (Å²) in [7, 11) is 0. The van der Waals surface area contributed by atoms with Gasteiger partial charge in [-0.05, 0) is 52.2 Å². The quantitative estimate of drug-likeness (QED) is 0.646. The SMILES string of the molecule is CCNC(=NCc1ncccc1C)NC1CCN(C(C)C)CC1. The van der Waals surface area contributed by atoms with Gasteiger partial charge in [0.2, 0.25) is 0 Å². The van der Waals surface area contributed by atoms with Crippen molar-refractivity contribution in [1.29, 1.82) is 0 Å². The normalized spacial score (nSPS) is 17.5. The molecular formula is C18H31N5. The zero-order valence-electron chi connectivity index (χ0n) is 15.0. The minimum Gasteiger partial charge on any atom is -0.357 e.